The van der Waals surface area contributed by atoms with Crippen LogP contribution < -0.4 is 0 Å². The minimum atomic E-state index is 1.16. The Labute approximate surface area is 285 Å². The largest absolute Gasteiger partial charge is 0.309 e. The summed E-state index contributed by atoms with van der Waals surface area (Å²) in [4.78, 5) is 0. The third-order valence-electron chi connectivity index (χ3n) is 10.5. The number of rotatable bonds is 3. The SMILES string of the molecule is Cc1ccc2ccc3c(c2c1)c1c2cc(C)ccc2ccc1n3-c1ccc(-c2c3ccccc3c(-c3ccccc3)c3ccccc23)cc1. The minimum absolute atomic E-state index is 1.16. The van der Waals surface area contributed by atoms with Crippen LogP contribution in [0.5, 0.6) is 0 Å². The van der Waals surface area contributed by atoms with E-state index in [0.29, 0.717) is 0 Å². The average molecular weight is 624 g/mol. The normalized spacial score (nSPS) is 11.9. The second-order valence-corrected chi connectivity index (χ2v) is 13.5. The fourth-order valence-electron chi connectivity index (χ4n) is 8.28. The zero-order chi connectivity index (χ0) is 32.6. The van der Waals surface area contributed by atoms with Crippen molar-refractivity contribution in [3.8, 4) is 27.9 Å². The molecule has 10 rings (SSSR count). The molecule has 0 unspecified atom stereocenters. The van der Waals surface area contributed by atoms with Crippen LogP contribution in [0.25, 0.3) is 92.8 Å². The molecule has 0 saturated heterocycles. The first kappa shape index (κ1) is 27.9. The standard InChI is InChI=1S/C48H33N/c1-30-16-18-32-22-26-43-47(41(32)28-30)48-42-29-31(2)17-19-33(42)23-27-44(48)49(43)36-24-20-35(21-25-36)46-39-14-8-6-12-37(39)45(34-10-4-3-5-11-34)38-13-7-9-15-40(38)46/h3-29H,1-2H3. The number of nitrogens with zero attached hydrogens (tertiary/aromatic N) is 1. The molecule has 0 radical (unpaired) electrons. The van der Waals surface area contributed by atoms with E-state index >= 15 is 0 Å². The van der Waals surface area contributed by atoms with Crippen LogP contribution in [0.15, 0.2) is 164 Å². The van der Waals surface area contributed by atoms with Gasteiger partial charge in [-0.2, -0.15) is 0 Å². The fraction of sp³-hybridized carbons (Fsp3) is 0.0417. The Hall–Kier alpha value is -6.18. The number of hydrogen-bond acceptors (Lipinski definition) is 0. The molecular weight excluding hydrogens is 591 g/mol. The Bertz CT molecular complexity index is 2770. The molecule has 0 aliphatic rings. The van der Waals surface area contributed by atoms with Gasteiger partial charge < -0.3 is 4.57 Å². The lowest BCUT2D eigenvalue weighted by molar-refractivity contribution is 1.18. The van der Waals surface area contributed by atoms with Crippen molar-refractivity contribution < 1.29 is 0 Å². The van der Waals surface area contributed by atoms with Crippen LogP contribution in [-0.2, 0) is 0 Å². The highest BCUT2D eigenvalue weighted by Gasteiger charge is 2.19. The lowest BCUT2D eigenvalue weighted by Gasteiger charge is -2.18. The van der Waals surface area contributed by atoms with E-state index in [1.54, 1.807) is 0 Å². The van der Waals surface area contributed by atoms with Crippen molar-refractivity contribution in [3.63, 3.8) is 0 Å². The molecule has 9 aromatic carbocycles. The molecular formula is C48H33N. The molecule has 0 amide bonds. The van der Waals surface area contributed by atoms with Gasteiger partial charge in [-0.15, -0.1) is 0 Å². The highest BCUT2D eigenvalue weighted by Crippen LogP contribution is 2.45. The fourth-order valence-corrected chi connectivity index (χ4v) is 8.28. The molecule has 1 aromatic heterocycles. The van der Waals surface area contributed by atoms with Gasteiger partial charge >= 0.3 is 0 Å². The topological polar surface area (TPSA) is 4.93 Å². The Balaban J connectivity index is 1.24. The predicted octanol–water partition coefficient (Wildman–Crippen LogP) is 13.3. The first-order valence-electron chi connectivity index (χ1n) is 17.1. The van der Waals surface area contributed by atoms with E-state index in [0.717, 1.165) is 5.69 Å². The van der Waals surface area contributed by atoms with Gasteiger partial charge in [-0.05, 0) is 103 Å². The number of hydrogen-bond donors (Lipinski definition) is 0. The monoisotopic (exact) mass is 623 g/mol. The van der Waals surface area contributed by atoms with Crippen LogP contribution in [0.4, 0.5) is 0 Å². The van der Waals surface area contributed by atoms with E-state index < -0.39 is 0 Å². The van der Waals surface area contributed by atoms with Crippen molar-refractivity contribution >= 4 is 64.9 Å². The zero-order valence-electron chi connectivity index (χ0n) is 27.5. The van der Waals surface area contributed by atoms with Gasteiger partial charge in [0.25, 0.3) is 0 Å². The van der Waals surface area contributed by atoms with Crippen molar-refractivity contribution in [2.75, 3.05) is 0 Å². The van der Waals surface area contributed by atoms with Crippen molar-refractivity contribution in [3.05, 3.63) is 175 Å². The van der Waals surface area contributed by atoms with Gasteiger partial charge in [0, 0.05) is 16.5 Å². The smallest absolute Gasteiger partial charge is 0.0547 e. The molecule has 1 nitrogen and oxygen atoms in total. The summed E-state index contributed by atoms with van der Waals surface area (Å²) in [6, 6.07) is 60.7. The molecule has 0 saturated carbocycles. The molecule has 0 bridgehead atoms. The van der Waals surface area contributed by atoms with Crippen LogP contribution in [0.1, 0.15) is 11.1 Å². The highest BCUT2D eigenvalue weighted by atomic mass is 15.0. The quantitative estimate of drug-likeness (QED) is 0.173. The summed E-state index contributed by atoms with van der Waals surface area (Å²) < 4.78 is 2.46. The summed E-state index contributed by atoms with van der Waals surface area (Å²) in [7, 11) is 0. The lowest BCUT2D eigenvalue weighted by atomic mass is 9.86. The van der Waals surface area contributed by atoms with Gasteiger partial charge in [0.2, 0.25) is 0 Å². The number of benzene rings is 9. The highest BCUT2D eigenvalue weighted by molar-refractivity contribution is 6.28. The van der Waals surface area contributed by atoms with E-state index in [9.17, 15) is 0 Å². The van der Waals surface area contributed by atoms with Crippen LogP contribution in [0, 0.1) is 13.8 Å². The van der Waals surface area contributed by atoms with Gasteiger partial charge in [0.05, 0.1) is 11.0 Å². The van der Waals surface area contributed by atoms with Crippen molar-refractivity contribution in [2.45, 2.75) is 13.8 Å². The molecule has 1 heterocycles. The van der Waals surface area contributed by atoms with Crippen LogP contribution in [0.3, 0.4) is 0 Å². The van der Waals surface area contributed by atoms with Crippen LogP contribution in [0.2, 0.25) is 0 Å². The van der Waals surface area contributed by atoms with Crippen molar-refractivity contribution in [1.29, 1.82) is 0 Å². The second kappa shape index (κ2) is 10.7. The third kappa shape index (κ3) is 4.19. The molecule has 0 aliphatic carbocycles. The van der Waals surface area contributed by atoms with Crippen LogP contribution >= 0.6 is 0 Å². The predicted molar refractivity (Wildman–Crippen MR) is 211 cm³/mol. The Morgan fingerprint density at radius 1 is 0.347 bits per heavy atom. The summed E-state index contributed by atoms with van der Waals surface area (Å²) in [6.07, 6.45) is 0. The average Bonchev–Trinajstić information content (AvgIpc) is 3.49. The summed E-state index contributed by atoms with van der Waals surface area (Å²) in [6.45, 7) is 4.39. The summed E-state index contributed by atoms with van der Waals surface area (Å²) in [5.41, 5.74) is 11.2. The van der Waals surface area contributed by atoms with Crippen LogP contribution in [-0.4, -0.2) is 4.57 Å². The Morgan fingerprint density at radius 2 is 0.755 bits per heavy atom. The third-order valence-corrected chi connectivity index (χ3v) is 10.5. The second-order valence-electron chi connectivity index (χ2n) is 13.5. The maximum atomic E-state index is 2.46. The van der Waals surface area contributed by atoms with E-state index in [2.05, 4.69) is 182 Å². The van der Waals surface area contributed by atoms with Gasteiger partial charge in [0.1, 0.15) is 0 Å². The zero-order valence-corrected chi connectivity index (χ0v) is 27.5. The lowest BCUT2D eigenvalue weighted by Crippen LogP contribution is -1.95. The molecule has 0 atom stereocenters. The molecule has 0 fully saturated rings. The first-order valence-corrected chi connectivity index (χ1v) is 17.1. The molecule has 0 aliphatic heterocycles. The summed E-state index contributed by atoms with van der Waals surface area (Å²) >= 11 is 0. The van der Waals surface area contributed by atoms with Crippen molar-refractivity contribution in [2.24, 2.45) is 0 Å². The molecule has 0 spiro atoms. The Kier molecular flexibility index (Phi) is 6.07. The maximum Gasteiger partial charge on any atom is 0.0547 e. The molecule has 0 N–H and O–H groups in total. The summed E-state index contributed by atoms with van der Waals surface area (Å²) in [5, 5.41) is 12.9. The van der Waals surface area contributed by atoms with Crippen molar-refractivity contribution in [1.82, 2.24) is 4.57 Å². The first-order chi connectivity index (χ1) is 24.1. The number of fused-ring (bicyclic) bond motifs is 9. The van der Waals surface area contributed by atoms with E-state index in [1.807, 2.05) is 0 Å². The number of aromatic nitrogens is 1. The summed E-state index contributed by atoms with van der Waals surface area (Å²) in [5.74, 6) is 0. The number of aryl methyl sites for hydroxylation is 2. The molecule has 230 valence electrons. The van der Waals surface area contributed by atoms with E-state index in [-0.39, 0.29) is 0 Å². The van der Waals surface area contributed by atoms with Gasteiger partial charge in [-0.25, -0.2) is 0 Å². The van der Waals surface area contributed by atoms with Gasteiger partial charge in [0.15, 0.2) is 0 Å². The molecule has 1 heteroatoms. The van der Waals surface area contributed by atoms with Gasteiger partial charge in [-0.3, -0.25) is 0 Å². The van der Waals surface area contributed by atoms with Gasteiger partial charge in [-0.1, -0.05) is 151 Å². The van der Waals surface area contributed by atoms with E-state index in [1.165, 1.54) is 98.3 Å². The minimum Gasteiger partial charge on any atom is -0.309 e. The molecule has 49 heavy (non-hydrogen) atoms. The molecule has 10 aromatic rings. The Morgan fingerprint density at radius 3 is 1.22 bits per heavy atom. The maximum absolute atomic E-state index is 2.46. The van der Waals surface area contributed by atoms with E-state index in [4.69, 9.17) is 0 Å².